The lowest BCUT2D eigenvalue weighted by molar-refractivity contribution is -0.686. The largest absolute Gasteiger partial charge is 1.00 e. The molecule has 0 bridgehead atoms. The third kappa shape index (κ3) is 14.7. The molecule has 1 aromatic rings. The van der Waals surface area contributed by atoms with Crippen molar-refractivity contribution in [2.24, 2.45) is 0 Å². The smallest absolute Gasteiger partial charge is 0.393 e. The minimum atomic E-state index is 0. The van der Waals surface area contributed by atoms with E-state index in [1.54, 1.807) is 0 Å². The van der Waals surface area contributed by atoms with E-state index in [0.29, 0.717) is 13.0 Å². The highest BCUT2D eigenvalue weighted by atomic mass is 79.9. The van der Waals surface area contributed by atoms with Crippen molar-refractivity contribution >= 4 is 11.8 Å². The maximum Gasteiger partial charge on any atom is 0.393 e. The minimum Gasteiger partial charge on any atom is -1.00 e. The number of aliphatic hydroxyl groups excluding tert-OH is 2. The molecule has 29 heavy (non-hydrogen) atoms. The number of hydrogen-bond donors (Lipinski definition) is 4. The van der Waals surface area contributed by atoms with Crippen molar-refractivity contribution in [3.8, 4) is 0 Å². The lowest BCUT2D eigenvalue weighted by Crippen LogP contribution is -3.00. The molecule has 0 unspecified atom stereocenters. The first kappa shape index (κ1) is 28.1. The highest BCUT2D eigenvalue weighted by molar-refractivity contribution is 5.36. The van der Waals surface area contributed by atoms with Crippen LogP contribution in [0.15, 0.2) is 12.3 Å². The maximum atomic E-state index is 9.10. The van der Waals surface area contributed by atoms with Crippen LogP contribution in [-0.4, -0.2) is 41.5 Å². The molecule has 0 saturated carbocycles. The summed E-state index contributed by atoms with van der Waals surface area (Å²) < 4.78 is 2.06. The molecule has 4 N–H and O–H groups in total. The summed E-state index contributed by atoms with van der Waals surface area (Å²) >= 11 is 0. The number of hydrogen-bond acceptors (Lipinski definition) is 5. The molecule has 0 aromatic carbocycles. The van der Waals surface area contributed by atoms with E-state index in [2.05, 4.69) is 27.1 Å². The highest BCUT2D eigenvalue weighted by Crippen LogP contribution is 2.11. The summed E-state index contributed by atoms with van der Waals surface area (Å²) in [5.41, 5.74) is 0. The number of rotatable bonds is 19. The van der Waals surface area contributed by atoms with Crippen LogP contribution >= 0.6 is 0 Å². The van der Waals surface area contributed by atoms with E-state index in [4.69, 9.17) is 10.2 Å². The standard InChI is InChI=1S/C22H42N4O2.BrH/c1-2-3-4-5-6-7-8-9-10-11-15-24-22-25-21(23-16-12-19-27)14-18-26(22)17-13-20-28;/h14,18,27-28H,2-13,15-17,19-20H2,1H3,(H,23,24,25);1H. The van der Waals surface area contributed by atoms with E-state index in [1.807, 2.05) is 12.3 Å². The van der Waals surface area contributed by atoms with Gasteiger partial charge in [0.05, 0.1) is 19.3 Å². The summed E-state index contributed by atoms with van der Waals surface area (Å²) in [4.78, 5) is 4.66. The summed E-state index contributed by atoms with van der Waals surface area (Å²) in [5.74, 6) is 1.66. The lowest BCUT2D eigenvalue weighted by Gasteiger charge is -2.08. The van der Waals surface area contributed by atoms with Gasteiger partial charge in [-0.1, -0.05) is 69.7 Å². The van der Waals surface area contributed by atoms with E-state index in [1.165, 1.54) is 57.8 Å². The molecule has 7 heteroatoms. The van der Waals surface area contributed by atoms with Crippen molar-refractivity contribution < 1.29 is 31.8 Å². The molecule has 0 saturated heterocycles. The zero-order valence-corrected chi connectivity index (χ0v) is 19.9. The van der Waals surface area contributed by atoms with Crippen LogP contribution in [0.25, 0.3) is 0 Å². The Labute approximate surface area is 188 Å². The topological polar surface area (TPSA) is 81.3 Å². The van der Waals surface area contributed by atoms with Gasteiger partial charge >= 0.3 is 5.95 Å². The molecular formula is C22H43BrN4O2. The summed E-state index contributed by atoms with van der Waals surface area (Å²) in [5, 5.41) is 24.7. The number of unbranched alkanes of at least 4 members (excludes halogenated alkanes) is 9. The van der Waals surface area contributed by atoms with Crippen molar-refractivity contribution in [3.05, 3.63) is 12.3 Å². The van der Waals surface area contributed by atoms with E-state index in [0.717, 1.165) is 37.7 Å². The predicted molar refractivity (Wildman–Crippen MR) is 117 cm³/mol. The summed E-state index contributed by atoms with van der Waals surface area (Å²) in [6, 6.07) is 1.94. The number of halogens is 1. The average molecular weight is 476 g/mol. The van der Waals surface area contributed by atoms with Crippen molar-refractivity contribution in [3.63, 3.8) is 0 Å². The minimum absolute atomic E-state index is 0. The second kappa shape index (κ2) is 20.4. The van der Waals surface area contributed by atoms with Crippen LogP contribution in [0.3, 0.4) is 0 Å². The van der Waals surface area contributed by atoms with Gasteiger partial charge in [0.15, 0.2) is 0 Å². The quantitative estimate of drug-likeness (QED) is 0.177. The number of anilines is 2. The number of aryl methyl sites for hydroxylation is 1. The van der Waals surface area contributed by atoms with Gasteiger partial charge in [0.1, 0.15) is 0 Å². The molecule has 1 rings (SSSR count). The van der Waals surface area contributed by atoms with Crippen molar-refractivity contribution in [2.75, 3.05) is 36.9 Å². The zero-order valence-electron chi connectivity index (χ0n) is 18.3. The van der Waals surface area contributed by atoms with Crippen LogP contribution in [0, 0.1) is 0 Å². The van der Waals surface area contributed by atoms with Gasteiger partial charge in [-0.3, -0.25) is 5.32 Å². The molecule has 0 aliphatic rings. The van der Waals surface area contributed by atoms with Crippen LogP contribution in [-0.2, 0) is 6.54 Å². The Hall–Kier alpha value is -0.920. The Morgan fingerprint density at radius 1 is 0.793 bits per heavy atom. The fourth-order valence-corrected chi connectivity index (χ4v) is 3.22. The Kier molecular flexibility index (Phi) is 19.7. The molecular weight excluding hydrogens is 432 g/mol. The molecule has 0 aliphatic carbocycles. The fourth-order valence-electron chi connectivity index (χ4n) is 3.22. The van der Waals surface area contributed by atoms with Crippen molar-refractivity contribution in [1.29, 1.82) is 0 Å². The summed E-state index contributed by atoms with van der Waals surface area (Å²) in [6.45, 7) is 5.01. The molecule has 0 fully saturated rings. The molecule has 1 aromatic heterocycles. The lowest BCUT2D eigenvalue weighted by atomic mass is 10.1. The molecule has 0 atom stereocenters. The first-order valence-electron chi connectivity index (χ1n) is 11.4. The highest BCUT2D eigenvalue weighted by Gasteiger charge is 2.12. The maximum absolute atomic E-state index is 9.10. The molecule has 0 aliphatic heterocycles. The molecule has 1 heterocycles. The summed E-state index contributed by atoms with van der Waals surface area (Å²) in [7, 11) is 0. The van der Waals surface area contributed by atoms with Gasteiger partial charge in [0.25, 0.3) is 0 Å². The van der Waals surface area contributed by atoms with Crippen LogP contribution in [0.4, 0.5) is 11.8 Å². The number of nitrogens with zero attached hydrogens (tertiary/aromatic N) is 2. The SMILES string of the molecule is CCCCCCCCCCCCNc1nc(NCCCO)cc[n+]1CCCO.[Br-]. The van der Waals surface area contributed by atoms with Gasteiger partial charge in [-0.05, 0) is 12.8 Å². The summed E-state index contributed by atoms with van der Waals surface area (Å²) in [6.07, 6.45) is 16.8. The molecule has 0 amide bonds. The predicted octanol–water partition coefficient (Wildman–Crippen LogP) is 0.883. The number of aromatic nitrogens is 2. The van der Waals surface area contributed by atoms with Gasteiger partial charge in [-0.15, -0.1) is 0 Å². The van der Waals surface area contributed by atoms with Crippen LogP contribution in [0.5, 0.6) is 0 Å². The van der Waals surface area contributed by atoms with Crippen molar-refractivity contribution in [1.82, 2.24) is 4.98 Å². The van der Waals surface area contributed by atoms with E-state index < -0.39 is 0 Å². The van der Waals surface area contributed by atoms with Crippen LogP contribution in [0.1, 0.15) is 84.0 Å². The third-order valence-electron chi connectivity index (χ3n) is 4.92. The second-order valence-corrected chi connectivity index (χ2v) is 7.52. The second-order valence-electron chi connectivity index (χ2n) is 7.52. The number of nitrogens with one attached hydrogen (secondary N) is 2. The normalized spacial score (nSPS) is 10.6. The first-order valence-corrected chi connectivity index (χ1v) is 11.4. The monoisotopic (exact) mass is 474 g/mol. The Balaban J connectivity index is 0.00000784. The van der Waals surface area contributed by atoms with Gasteiger partial charge in [0, 0.05) is 32.2 Å². The van der Waals surface area contributed by atoms with Gasteiger partial charge in [0.2, 0.25) is 5.82 Å². The zero-order chi connectivity index (χ0) is 20.3. The van der Waals surface area contributed by atoms with Gasteiger partial charge in [-0.2, -0.15) is 0 Å². The molecule has 170 valence electrons. The Bertz CT molecular complexity index is 492. The van der Waals surface area contributed by atoms with Gasteiger partial charge in [-0.25, -0.2) is 4.57 Å². The van der Waals surface area contributed by atoms with Crippen LogP contribution < -0.4 is 32.2 Å². The first-order chi connectivity index (χ1) is 13.8. The molecule has 0 radical (unpaired) electrons. The average Bonchev–Trinajstić information content (AvgIpc) is 2.71. The van der Waals surface area contributed by atoms with Gasteiger partial charge < -0.3 is 32.5 Å². The number of aliphatic hydroxyl groups is 2. The van der Waals surface area contributed by atoms with Crippen molar-refractivity contribution in [2.45, 2.75) is 90.5 Å². The Morgan fingerprint density at radius 3 is 2.00 bits per heavy atom. The van der Waals surface area contributed by atoms with E-state index in [9.17, 15) is 0 Å². The Morgan fingerprint density at radius 2 is 1.38 bits per heavy atom. The van der Waals surface area contributed by atoms with E-state index in [-0.39, 0.29) is 30.2 Å². The molecule has 6 nitrogen and oxygen atoms in total. The third-order valence-corrected chi connectivity index (χ3v) is 4.92. The molecule has 0 spiro atoms. The fraction of sp³-hybridized carbons (Fsp3) is 0.818. The van der Waals surface area contributed by atoms with E-state index >= 15 is 0 Å². The van der Waals surface area contributed by atoms with Crippen LogP contribution in [0.2, 0.25) is 0 Å².